The van der Waals surface area contributed by atoms with Crippen molar-refractivity contribution in [1.29, 1.82) is 0 Å². The highest BCUT2D eigenvalue weighted by atomic mass is 15.3. The summed E-state index contributed by atoms with van der Waals surface area (Å²) in [7, 11) is 0. The van der Waals surface area contributed by atoms with Crippen molar-refractivity contribution in [3.05, 3.63) is 309 Å². The van der Waals surface area contributed by atoms with E-state index in [0.717, 1.165) is 119 Å². The normalized spacial score (nSPS) is 12.9. The fourth-order valence-corrected chi connectivity index (χ4v) is 12.3. The zero-order chi connectivity index (χ0) is 55.5. The van der Waals surface area contributed by atoms with Gasteiger partial charge in [0.25, 0.3) is 0 Å². The summed E-state index contributed by atoms with van der Waals surface area (Å²) >= 11 is 0. The van der Waals surface area contributed by atoms with Crippen LogP contribution in [0.2, 0.25) is 0 Å². The van der Waals surface area contributed by atoms with Crippen molar-refractivity contribution in [1.82, 2.24) is 15.0 Å². The second-order valence-electron chi connectivity index (χ2n) is 20.9. The van der Waals surface area contributed by atoms with Crippen LogP contribution in [0.4, 0.5) is 102 Å². The topological polar surface area (TPSA) is 58.1 Å². The molecule has 3 aliphatic heterocycles. The standard InChI is InChI=1S/C75H51N9/c1-4-22-55(23-5-1)79-61-28-10-16-34-67(61)82(68-35-17-11-29-62(68)79)58-46-40-52(41-47-58)73-76-74(53-42-48-59(49-43-53)83-69-36-18-12-30-63(69)80(56-24-6-2-7-25-56)64-31-13-19-37-70(64)83)78-75(77-73)54-44-50-60(51-45-54)84-71-38-20-14-32-65(71)81(57-26-8-3-9-27-57)66-33-15-21-39-72(66)84/h1-51H. The second-order valence-corrected chi connectivity index (χ2v) is 20.9. The summed E-state index contributed by atoms with van der Waals surface area (Å²) in [5, 5.41) is 0. The number of aromatic nitrogens is 3. The van der Waals surface area contributed by atoms with Gasteiger partial charge in [0.1, 0.15) is 0 Å². The van der Waals surface area contributed by atoms with E-state index >= 15 is 0 Å². The van der Waals surface area contributed by atoms with Crippen LogP contribution in [0.3, 0.4) is 0 Å². The second kappa shape index (κ2) is 20.2. The molecule has 0 aliphatic carbocycles. The molecule has 4 heterocycles. The van der Waals surface area contributed by atoms with Crippen molar-refractivity contribution in [3.8, 4) is 34.2 Å². The zero-order valence-electron chi connectivity index (χ0n) is 45.5. The SMILES string of the molecule is c1ccc(N2c3ccccc3N(c3ccc(-c4nc(-c5ccc(N6c7ccccc7N(c7ccccc7)c7ccccc76)cc5)nc(-c5ccc(N6c7ccccc7N(c7ccccc7)c7ccccc76)cc5)n4)cc3)c3ccccc32)cc1. The number of nitrogens with zero attached hydrogens (tertiary/aromatic N) is 9. The van der Waals surface area contributed by atoms with Crippen molar-refractivity contribution < 1.29 is 0 Å². The Bertz CT molecular complexity index is 3960. The zero-order valence-corrected chi connectivity index (χ0v) is 45.5. The third-order valence-electron chi connectivity index (χ3n) is 16.0. The third-order valence-corrected chi connectivity index (χ3v) is 16.0. The van der Waals surface area contributed by atoms with Crippen LogP contribution in [-0.2, 0) is 0 Å². The molecule has 0 bridgehead atoms. The van der Waals surface area contributed by atoms with E-state index in [1.807, 2.05) is 0 Å². The van der Waals surface area contributed by atoms with Crippen LogP contribution < -0.4 is 29.4 Å². The number of hydrogen-bond donors (Lipinski definition) is 0. The van der Waals surface area contributed by atoms with Crippen molar-refractivity contribution in [3.63, 3.8) is 0 Å². The summed E-state index contributed by atoms with van der Waals surface area (Å²) in [6.45, 7) is 0. The molecule has 9 nitrogen and oxygen atoms in total. The Balaban J connectivity index is 0.793. The van der Waals surface area contributed by atoms with Gasteiger partial charge < -0.3 is 29.4 Å². The predicted molar refractivity (Wildman–Crippen MR) is 345 cm³/mol. The van der Waals surface area contributed by atoms with E-state index in [9.17, 15) is 0 Å². The van der Waals surface area contributed by atoms with E-state index in [2.05, 4.69) is 339 Å². The van der Waals surface area contributed by atoms with Gasteiger partial charge in [-0.3, -0.25) is 0 Å². The molecule has 16 rings (SSSR count). The maximum absolute atomic E-state index is 5.31. The fraction of sp³-hybridized carbons (Fsp3) is 0. The van der Waals surface area contributed by atoms with Gasteiger partial charge in [0.05, 0.1) is 68.2 Å². The van der Waals surface area contributed by atoms with Crippen LogP contribution in [0.15, 0.2) is 309 Å². The lowest BCUT2D eigenvalue weighted by atomic mass is 10.0. The van der Waals surface area contributed by atoms with Crippen molar-refractivity contribution in [2.45, 2.75) is 0 Å². The highest BCUT2D eigenvalue weighted by molar-refractivity contribution is 6.04. The van der Waals surface area contributed by atoms with Crippen LogP contribution in [0.5, 0.6) is 0 Å². The molecule has 0 saturated carbocycles. The number of para-hydroxylation sites is 15. The van der Waals surface area contributed by atoms with Crippen molar-refractivity contribution >= 4 is 102 Å². The molecule has 0 saturated heterocycles. The minimum Gasteiger partial charge on any atom is -0.306 e. The molecule has 3 aliphatic rings. The van der Waals surface area contributed by atoms with Crippen LogP contribution in [-0.4, -0.2) is 15.0 Å². The van der Waals surface area contributed by atoms with Gasteiger partial charge in [-0.25, -0.2) is 15.0 Å². The van der Waals surface area contributed by atoms with Gasteiger partial charge in [-0.05, 0) is 182 Å². The average Bonchev–Trinajstić information content (AvgIpc) is 1.76. The predicted octanol–water partition coefficient (Wildman–Crippen LogP) is 20.6. The minimum atomic E-state index is 0.573. The van der Waals surface area contributed by atoms with E-state index in [1.54, 1.807) is 0 Å². The summed E-state index contributed by atoms with van der Waals surface area (Å²) in [5.74, 6) is 1.72. The van der Waals surface area contributed by atoms with Crippen LogP contribution in [0.25, 0.3) is 34.2 Å². The first-order valence-electron chi connectivity index (χ1n) is 28.3. The molecule has 396 valence electrons. The molecule has 0 atom stereocenters. The molecule has 12 aromatic carbocycles. The molecule has 0 amide bonds. The summed E-state index contributed by atoms with van der Waals surface area (Å²) in [5.41, 5.74) is 22.1. The van der Waals surface area contributed by atoms with E-state index in [-0.39, 0.29) is 0 Å². The number of rotatable bonds is 9. The first kappa shape index (κ1) is 48.4. The summed E-state index contributed by atoms with van der Waals surface area (Å²) < 4.78 is 0. The van der Waals surface area contributed by atoms with Gasteiger partial charge in [-0.2, -0.15) is 0 Å². The number of fused-ring (bicyclic) bond motifs is 6. The number of benzene rings is 12. The average molecular weight is 1080 g/mol. The Hall–Kier alpha value is -11.6. The fourth-order valence-electron chi connectivity index (χ4n) is 12.3. The molecule has 9 heteroatoms. The van der Waals surface area contributed by atoms with Crippen LogP contribution in [0.1, 0.15) is 0 Å². The highest BCUT2D eigenvalue weighted by Gasteiger charge is 2.33. The van der Waals surface area contributed by atoms with Crippen LogP contribution >= 0.6 is 0 Å². The lowest BCUT2D eigenvalue weighted by molar-refractivity contribution is 1.07. The summed E-state index contributed by atoms with van der Waals surface area (Å²) in [4.78, 5) is 30.0. The Morgan fingerprint density at radius 3 is 0.452 bits per heavy atom. The van der Waals surface area contributed by atoms with Gasteiger partial charge in [0, 0.05) is 50.8 Å². The molecule has 13 aromatic rings. The Morgan fingerprint density at radius 1 is 0.143 bits per heavy atom. The van der Waals surface area contributed by atoms with Gasteiger partial charge in [-0.1, -0.05) is 127 Å². The van der Waals surface area contributed by atoms with Crippen molar-refractivity contribution in [2.75, 3.05) is 29.4 Å². The first-order chi connectivity index (χ1) is 41.7. The third kappa shape index (κ3) is 8.13. The van der Waals surface area contributed by atoms with Crippen LogP contribution in [0, 0.1) is 0 Å². The Kier molecular flexibility index (Phi) is 11.6. The molecule has 0 radical (unpaired) electrons. The number of anilines is 18. The molecular weight excluding hydrogens is 1030 g/mol. The molecule has 1 aromatic heterocycles. The molecule has 0 unspecified atom stereocenters. The van der Waals surface area contributed by atoms with Gasteiger partial charge in [0.15, 0.2) is 17.5 Å². The van der Waals surface area contributed by atoms with Crippen molar-refractivity contribution in [2.24, 2.45) is 0 Å². The molecule has 0 fully saturated rings. The van der Waals surface area contributed by atoms with Gasteiger partial charge >= 0.3 is 0 Å². The van der Waals surface area contributed by atoms with Gasteiger partial charge in [0.2, 0.25) is 0 Å². The Labute approximate surface area is 487 Å². The quantitative estimate of drug-likeness (QED) is 0.141. The molecule has 84 heavy (non-hydrogen) atoms. The van der Waals surface area contributed by atoms with E-state index < -0.39 is 0 Å². The maximum Gasteiger partial charge on any atom is 0.164 e. The summed E-state index contributed by atoms with van der Waals surface area (Å²) in [6.07, 6.45) is 0. The highest BCUT2D eigenvalue weighted by Crippen LogP contribution is 2.57. The summed E-state index contributed by atoms with van der Waals surface area (Å²) in [6, 6.07) is 109. The van der Waals surface area contributed by atoms with E-state index in [0.29, 0.717) is 17.5 Å². The largest absolute Gasteiger partial charge is 0.306 e. The van der Waals surface area contributed by atoms with E-state index in [4.69, 9.17) is 15.0 Å². The lowest BCUT2D eigenvalue weighted by Crippen LogP contribution is -2.23. The lowest BCUT2D eigenvalue weighted by Gasteiger charge is -2.40. The minimum absolute atomic E-state index is 0.573. The first-order valence-corrected chi connectivity index (χ1v) is 28.3. The maximum atomic E-state index is 5.31. The Morgan fingerprint density at radius 2 is 0.286 bits per heavy atom. The monoisotopic (exact) mass is 1080 g/mol. The smallest absolute Gasteiger partial charge is 0.164 e. The molecule has 0 N–H and O–H groups in total. The number of hydrogen-bond acceptors (Lipinski definition) is 9. The van der Waals surface area contributed by atoms with Gasteiger partial charge in [-0.15, -0.1) is 0 Å². The molecule has 0 spiro atoms. The molecular formula is C75H51N9. The van der Waals surface area contributed by atoms with E-state index in [1.165, 1.54) is 0 Å².